The Bertz CT molecular complexity index is 784. The zero-order valence-electron chi connectivity index (χ0n) is 14.0. The average molecular weight is 362 g/mol. The van der Waals surface area contributed by atoms with Gasteiger partial charge in [0.1, 0.15) is 5.82 Å². The number of rotatable bonds is 2. The number of carbonyl (C=O) groups excluding carboxylic acids is 1. The second kappa shape index (κ2) is 7.10. The Hall–Kier alpha value is -1.98. The van der Waals surface area contributed by atoms with E-state index in [1.165, 1.54) is 0 Å². The average Bonchev–Trinajstić information content (AvgIpc) is 2.58. The van der Waals surface area contributed by atoms with Crippen molar-refractivity contribution < 1.29 is 9.18 Å². The van der Waals surface area contributed by atoms with Crippen LogP contribution >= 0.6 is 12.4 Å². The van der Waals surface area contributed by atoms with Gasteiger partial charge >= 0.3 is 0 Å². The van der Waals surface area contributed by atoms with E-state index < -0.39 is 5.82 Å². The highest BCUT2D eigenvalue weighted by atomic mass is 35.5. The lowest BCUT2D eigenvalue weighted by molar-refractivity contribution is 0.0515. The minimum Gasteiger partial charge on any atom is -0.337 e. The fourth-order valence-electron chi connectivity index (χ4n) is 3.59. The lowest BCUT2D eigenvalue weighted by Gasteiger charge is -2.46. The van der Waals surface area contributed by atoms with Crippen LogP contribution < -0.4 is 5.32 Å². The van der Waals surface area contributed by atoms with Gasteiger partial charge in [0.25, 0.3) is 5.91 Å². The number of pyridine rings is 1. The molecule has 2 atom stereocenters. The summed E-state index contributed by atoms with van der Waals surface area (Å²) >= 11 is 0. The van der Waals surface area contributed by atoms with Gasteiger partial charge in [-0.25, -0.2) is 4.39 Å². The monoisotopic (exact) mass is 361 g/mol. The van der Waals surface area contributed by atoms with Gasteiger partial charge in [-0.3, -0.25) is 9.78 Å². The Morgan fingerprint density at radius 1 is 1.32 bits per heavy atom. The molecule has 1 amide bonds. The third-order valence-corrected chi connectivity index (χ3v) is 5.18. The fourth-order valence-corrected chi connectivity index (χ4v) is 3.59. The lowest BCUT2D eigenvalue weighted by atomic mass is 9.84. The minimum atomic E-state index is -0.438. The number of aromatic nitrogens is 1. The molecule has 2 fully saturated rings. The van der Waals surface area contributed by atoms with Crippen LogP contribution in [0.5, 0.6) is 0 Å². The Labute approximate surface area is 152 Å². The highest BCUT2D eigenvalue weighted by molar-refractivity contribution is 6.01. The normalized spacial score (nSPS) is 21.8. The van der Waals surface area contributed by atoms with Crippen molar-refractivity contribution in [2.45, 2.75) is 19.4 Å². The number of amides is 1. The summed E-state index contributed by atoms with van der Waals surface area (Å²) in [6, 6.07) is 9.31. The zero-order valence-corrected chi connectivity index (χ0v) is 14.9. The van der Waals surface area contributed by atoms with Gasteiger partial charge in [0.15, 0.2) is 0 Å². The molecule has 6 heteroatoms. The van der Waals surface area contributed by atoms with E-state index in [1.54, 1.807) is 36.2 Å². The van der Waals surface area contributed by atoms with Crippen molar-refractivity contribution in [2.24, 2.45) is 5.92 Å². The number of hydrogen-bond acceptors (Lipinski definition) is 3. The maximum absolute atomic E-state index is 14.9. The molecule has 0 bridgehead atoms. The number of likely N-dealkylation sites (tertiary alicyclic amines) is 1. The zero-order chi connectivity index (χ0) is 16.7. The molecule has 2 unspecified atom stereocenters. The Morgan fingerprint density at radius 3 is 2.80 bits per heavy atom. The van der Waals surface area contributed by atoms with E-state index in [-0.39, 0.29) is 23.9 Å². The van der Waals surface area contributed by atoms with Gasteiger partial charge < -0.3 is 10.2 Å². The van der Waals surface area contributed by atoms with Crippen LogP contribution in [-0.4, -0.2) is 41.5 Å². The van der Waals surface area contributed by atoms with Crippen LogP contribution in [0, 0.1) is 18.7 Å². The maximum atomic E-state index is 14.9. The van der Waals surface area contributed by atoms with Crippen molar-refractivity contribution in [2.75, 3.05) is 19.6 Å². The molecule has 2 aromatic rings. The Balaban J connectivity index is 0.00000182. The molecule has 2 aliphatic heterocycles. The van der Waals surface area contributed by atoms with Gasteiger partial charge in [0, 0.05) is 30.9 Å². The first kappa shape index (κ1) is 17.8. The van der Waals surface area contributed by atoms with Gasteiger partial charge in [0.2, 0.25) is 0 Å². The van der Waals surface area contributed by atoms with Crippen molar-refractivity contribution in [1.29, 1.82) is 0 Å². The number of hydrogen-bond donors (Lipinski definition) is 1. The molecule has 0 saturated carbocycles. The predicted octanol–water partition coefficient (Wildman–Crippen LogP) is 3.05. The van der Waals surface area contributed by atoms with Crippen molar-refractivity contribution in [3.05, 3.63) is 53.5 Å². The molecule has 4 nitrogen and oxygen atoms in total. The first-order valence-corrected chi connectivity index (χ1v) is 8.38. The number of benzene rings is 1. The molecular weight excluding hydrogens is 341 g/mol. The molecule has 132 valence electrons. The van der Waals surface area contributed by atoms with E-state index in [0.29, 0.717) is 41.9 Å². The van der Waals surface area contributed by atoms with Crippen molar-refractivity contribution >= 4 is 18.3 Å². The van der Waals surface area contributed by atoms with E-state index in [9.17, 15) is 9.18 Å². The summed E-state index contributed by atoms with van der Waals surface area (Å²) in [5, 5.41) is 3.36. The molecule has 1 aromatic carbocycles. The Morgan fingerprint density at radius 2 is 2.16 bits per heavy atom. The second-order valence-corrected chi connectivity index (χ2v) is 6.65. The molecule has 3 heterocycles. The molecule has 25 heavy (non-hydrogen) atoms. The standard InChI is InChI=1S/C19H20FN3O.ClH/c1-12-5-6-14(15-4-2-3-8-21-15)17(18(12)20)19(24)23-9-7-13-10-22-16(13)11-23;/h2-6,8,13,16,22H,7,9-11H2,1H3;1H. The summed E-state index contributed by atoms with van der Waals surface area (Å²) in [6.45, 7) is 4.06. The fraction of sp³-hybridized carbons (Fsp3) is 0.368. The highest BCUT2D eigenvalue weighted by Crippen LogP contribution is 2.30. The van der Waals surface area contributed by atoms with Crippen LogP contribution in [0.25, 0.3) is 11.3 Å². The summed E-state index contributed by atoms with van der Waals surface area (Å²) in [5.41, 5.74) is 1.81. The second-order valence-electron chi connectivity index (χ2n) is 6.65. The quantitative estimate of drug-likeness (QED) is 0.894. The molecular formula is C19H21ClFN3O. The SMILES string of the molecule is Cc1ccc(-c2ccccn2)c(C(=O)N2CCC3CNC3C2)c1F.Cl. The first-order valence-electron chi connectivity index (χ1n) is 8.38. The summed E-state index contributed by atoms with van der Waals surface area (Å²) in [4.78, 5) is 19.1. The number of halogens is 2. The highest BCUT2D eigenvalue weighted by Gasteiger charge is 2.38. The van der Waals surface area contributed by atoms with Crippen molar-refractivity contribution in [3.63, 3.8) is 0 Å². The van der Waals surface area contributed by atoms with Gasteiger partial charge in [-0.1, -0.05) is 18.2 Å². The van der Waals surface area contributed by atoms with E-state index in [1.807, 2.05) is 12.1 Å². The maximum Gasteiger partial charge on any atom is 0.257 e. The van der Waals surface area contributed by atoms with Crippen LogP contribution in [0.4, 0.5) is 4.39 Å². The Kier molecular flexibility index (Phi) is 5.06. The topological polar surface area (TPSA) is 45.2 Å². The smallest absolute Gasteiger partial charge is 0.257 e. The molecule has 4 rings (SSSR count). The van der Waals surface area contributed by atoms with Crippen molar-refractivity contribution in [3.8, 4) is 11.3 Å². The molecule has 2 saturated heterocycles. The van der Waals surface area contributed by atoms with E-state index in [4.69, 9.17) is 0 Å². The van der Waals surface area contributed by atoms with Gasteiger partial charge in [0.05, 0.1) is 11.3 Å². The van der Waals surface area contributed by atoms with Crippen LogP contribution in [0.2, 0.25) is 0 Å². The van der Waals surface area contributed by atoms with E-state index in [2.05, 4.69) is 10.3 Å². The van der Waals surface area contributed by atoms with Crippen molar-refractivity contribution in [1.82, 2.24) is 15.2 Å². The van der Waals surface area contributed by atoms with E-state index in [0.717, 1.165) is 13.0 Å². The first-order chi connectivity index (χ1) is 11.6. The molecule has 0 radical (unpaired) electrons. The summed E-state index contributed by atoms with van der Waals surface area (Å²) < 4.78 is 14.9. The number of aryl methyl sites for hydroxylation is 1. The summed E-state index contributed by atoms with van der Waals surface area (Å²) in [6.07, 6.45) is 2.64. The third-order valence-electron chi connectivity index (χ3n) is 5.18. The largest absolute Gasteiger partial charge is 0.337 e. The van der Waals surface area contributed by atoms with E-state index >= 15 is 0 Å². The van der Waals surface area contributed by atoms with Crippen LogP contribution in [0.15, 0.2) is 36.5 Å². The molecule has 1 aromatic heterocycles. The number of piperidine rings is 1. The van der Waals surface area contributed by atoms with Gasteiger partial charge in [-0.05, 0) is 43.5 Å². The number of carbonyl (C=O) groups is 1. The molecule has 0 spiro atoms. The third kappa shape index (κ3) is 3.14. The number of nitrogens with zero attached hydrogens (tertiary/aromatic N) is 2. The lowest BCUT2D eigenvalue weighted by Crippen LogP contribution is -2.62. The van der Waals surface area contributed by atoms with Crippen LogP contribution in [0.1, 0.15) is 22.3 Å². The molecule has 1 N–H and O–H groups in total. The number of nitrogens with one attached hydrogen (secondary N) is 1. The summed E-state index contributed by atoms with van der Waals surface area (Å²) in [7, 11) is 0. The van der Waals surface area contributed by atoms with Gasteiger partial charge in [-0.15, -0.1) is 12.4 Å². The molecule has 2 aliphatic rings. The van der Waals surface area contributed by atoms with Crippen LogP contribution in [0.3, 0.4) is 0 Å². The number of fused-ring (bicyclic) bond motifs is 1. The summed E-state index contributed by atoms with van der Waals surface area (Å²) in [5.74, 6) is -0.0116. The van der Waals surface area contributed by atoms with Gasteiger partial charge in [-0.2, -0.15) is 0 Å². The predicted molar refractivity (Wildman–Crippen MR) is 97.4 cm³/mol. The molecule has 0 aliphatic carbocycles. The minimum absolute atomic E-state index is 0. The van der Waals surface area contributed by atoms with Crippen LogP contribution in [-0.2, 0) is 0 Å².